The second kappa shape index (κ2) is 12.3. The molecular weight excluding hydrogens is 703 g/mol. The summed E-state index contributed by atoms with van der Waals surface area (Å²) in [6.45, 7) is 3.28. The van der Waals surface area contributed by atoms with E-state index in [1.54, 1.807) is 7.11 Å². The van der Waals surface area contributed by atoms with Gasteiger partial charge in [-0.2, -0.15) is 0 Å². The Bertz CT molecular complexity index is 2660. The first-order valence-corrected chi connectivity index (χ1v) is 20.3. The molecule has 0 amide bonds. The van der Waals surface area contributed by atoms with Crippen LogP contribution in [0.4, 0.5) is 5.69 Å². The van der Waals surface area contributed by atoms with E-state index in [9.17, 15) is 0 Å². The summed E-state index contributed by atoms with van der Waals surface area (Å²) in [5.74, 6) is 2.23. The smallest absolute Gasteiger partial charge is 0.178 e. The highest BCUT2D eigenvalue weighted by Gasteiger charge is 2.61. The number of morpholine rings is 1. The molecule has 5 atom stereocenters. The van der Waals surface area contributed by atoms with Gasteiger partial charge in [-0.3, -0.25) is 0 Å². The molecule has 5 aliphatic carbocycles. The van der Waals surface area contributed by atoms with Crippen LogP contribution in [0.3, 0.4) is 0 Å². The molecule has 5 heteroatoms. The number of methoxy groups -OCH3 is 2. The van der Waals surface area contributed by atoms with Gasteiger partial charge < -0.3 is 23.8 Å². The van der Waals surface area contributed by atoms with E-state index < -0.39 is 11.0 Å². The highest BCUT2D eigenvalue weighted by atomic mass is 16.5. The second-order valence-electron chi connectivity index (χ2n) is 16.3. The number of fused-ring (bicyclic) bond motifs is 12. The standard InChI is InChI=1S/C52H43NO4/c1-54-37-20-22-39-42(30-37)50-41(24-25-51(57-50,34-10-4-3-5-11-34)35-16-18-36(19-17-35)53-26-28-56-29-27-53)49-48(39)40-23-21-38(55-2)31-45(40)52(49)43-12-6-8-32-14-15-33-9-7-13-44(52)47(33)46(32)43/h3-25,31,37,43,46H,26-30H2,1-2H3. The van der Waals surface area contributed by atoms with Gasteiger partial charge in [0.15, 0.2) is 5.60 Å². The van der Waals surface area contributed by atoms with Crippen LogP contribution in [0.25, 0.3) is 29.4 Å². The molecule has 2 heterocycles. The molecule has 5 aromatic carbocycles. The van der Waals surface area contributed by atoms with Gasteiger partial charge >= 0.3 is 0 Å². The van der Waals surface area contributed by atoms with Crippen LogP contribution in [0.5, 0.6) is 11.5 Å². The maximum atomic E-state index is 7.84. The summed E-state index contributed by atoms with van der Waals surface area (Å²) in [7, 11) is 3.59. The lowest BCUT2D eigenvalue weighted by atomic mass is 9.62. The molecule has 12 rings (SSSR count). The van der Waals surface area contributed by atoms with Crippen molar-refractivity contribution in [3.63, 3.8) is 0 Å². The Labute approximate surface area is 333 Å². The number of allylic oxidation sites excluding steroid dienone is 5. The van der Waals surface area contributed by atoms with E-state index in [1.165, 1.54) is 61.3 Å². The van der Waals surface area contributed by atoms with Crippen molar-refractivity contribution in [3.8, 4) is 22.6 Å². The molecule has 7 aliphatic rings. The first-order chi connectivity index (χ1) is 28.1. The van der Waals surface area contributed by atoms with Crippen LogP contribution < -0.4 is 14.4 Å². The summed E-state index contributed by atoms with van der Waals surface area (Å²) in [5.41, 5.74) is 16.4. The van der Waals surface area contributed by atoms with Crippen LogP contribution in [0.2, 0.25) is 0 Å². The lowest BCUT2D eigenvalue weighted by Crippen LogP contribution is -2.38. The topological polar surface area (TPSA) is 40.2 Å². The molecule has 0 N–H and O–H groups in total. The zero-order valence-corrected chi connectivity index (χ0v) is 32.2. The fourth-order valence-electron chi connectivity index (χ4n) is 11.5. The summed E-state index contributed by atoms with van der Waals surface area (Å²) in [5, 5.41) is 0. The molecule has 5 aromatic rings. The molecule has 57 heavy (non-hydrogen) atoms. The minimum absolute atomic E-state index is 0.0629. The minimum atomic E-state index is -0.859. The summed E-state index contributed by atoms with van der Waals surface area (Å²) in [6.07, 6.45) is 21.7. The zero-order valence-electron chi connectivity index (χ0n) is 32.2. The van der Waals surface area contributed by atoms with E-state index >= 15 is 0 Å². The van der Waals surface area contributed by atoms with Crippen LogP contribution in [-0.4, -0.2) is 46.6 Å². The Kier molecular flexibility index (Phi) is 7.19. The molecule has 1 saturated heterocycles. The fraction of sp³-hybridized carbons (Fsp3) is 0.231. The number of hydrogen-bond donors (Lipinski definition) is 0. The Hall–Kier alpha value is -5.88. The Morgan fingerprint density at radius 1 is 0.772 bits per heavy atom. The summed E-state index contributed by atoms with van der Waals surface area (Å²) in [4.78, 5) is 2.41. The van der Waals surface area contributed by atoms with Gasteiger partial charge in [0.1, 0.15) is 11.5 Å². The van der Waals surface area contributed by atoms with E-state index in [1.807, 2.05) is 7.11 Å². The first kappa shape index (κ1) is 33.3. The van der Waals surface area contributed by atoms with Gasteiger partial charge in [-0.15, -0.1) is 0 Å². The average Bonchev–Trinajstić information content (AvgIpc) is 3.77. The lowest BCUT2D eigenvalue weighted by molar-refractivity contribution is 0.122. The lowest BCUT2D eigenvalue weighted by Gasteiger charge is -2.42. The van der Waals surface area contributed by atoms with Crippen LogP contribution in [0.1, 0.15) is 61.6 Å². The second-order valence-corrected chi connectivity index (χ2v) is 16.3. The van der Waals surface area contributed by atoms with Crippen molar-refractivity contribution in [1.82, 2.24) is 0 Å². The van der Waals surface area contributed by atoms with Gasteiger partial charge in [-0.05, 0) is 80.4 Å². The number of rotatable bonds is 5. The maximum Gasteiger partial charge on any atom is 0.178 e. The van der Waals surface area contributed by atoms with Crippen LogP contribution >= 0.6 is 0 Å². The first-order valence-electron chi connectivity index (χ1n) is 20.3. The number of benzene rings is 5. The Morgan fingerprint density at radius 2 is 1.61 bits per heavy atom. The molecule has 5 nitrogen and oxygen atoms in total. The normalized spacial score (nSPS) is 26.3. The van der Waals surface area contributed by atoms with E-state index in [-0.39, 0.29) is 17.9 Å². The monoisotopic (exact) mass is 745 g/mol. The number of hydrogen-bond acceptors (Lipinski definition) is 5. The Morgan fingerprint density at radius 3 is 2.44 bits per heavy atom. The van der Waals surface area contributed by atoms with Gasteiger partial charge in [-0.1, -0.05) is 115 Å². The Balaban J connectivity index is 1.15. The third-order valence-electron chi connectivity index (χ3n) is 13.9. The third kappa shape index (κ3) is 4.42. The fourth-order valence-corrected chi connectivity index (χ4v) is 11.5. The third-order valence-corrected chi connectivity index (χ3v) is 13.9. The van der Waals surface area contributed by atoms with Crippen molar-refractivity contribution in [1.29, 1.82) is 0 Å². The van der Waals surface area contributed by atoms with Crippen LogP contribution in [-0.2, 0) is 26.9 Å². The van der Waals surface area contributed by atoms with Crippen LogP contribution in [0.15, 0.2) is 133 Å². The van der Waals surface area contributed by atoms with Crippen molar-refractivity contribution in [2.45, 2.75) is 29.5 Å². The van der Waals surface area contributed by atoms with Crippen molar-refractivity contribution >= 4 is 23.9 Å². The van der Waals surface area contributed by atoms with Gasteiger partial charge in [-0.25, -0.2) is 0 Å². The predicted octanol–water partition coefficient (Wildman–Crippen LogP) is 10.0. The molecule has 0 bridgehead atoms. The highest BCUT2D eigenvalue weighted by molar-refractivity contribution is 5.98. The van der Waals surface area contributed by atoms with Gasteiger partial charge in [0.25, 0.3) is 0 Å². The number of anilines is 1. The summed E-state index contributed by atoms with van der Waals surface area (Å²) < 4.78 is 25.6. The molecule has 1 spiro atoms. The minimum Gasteiger partial charge on any atom is -0.497 e. The molecule has 1 fully saturated rings. The summed E-state index contributed by atoms with van der Waals surface area (Å²) in [6, 6.07) is 33.5. The highest BCUT2D eigenvalue weighted by Crippen LogP contribution is 2.70. The predicted molar refractivity (Wildman–Crippen MR) is 227 cm³/mol. The van der Waals surface area contributed by atoms with Gasteiger partial charge in [0.2, 0.25) is 0 Å². The zero-order chi connectivity index (χ0) is 37.9. The largest absolute Gasteiger partial charge is 0.497 e. The van der Waals surface area contributed by atoms with Gasteiger partial charge in [0, 0.05) is 66.4 Å². The van der Waals surface area contributed by atoms with Crippen LogP contribution in [0, 0.1) is 5.92 Å². The number of nitrogens with zero attached hydrogens (tertiary/aromatic N) is 1. The number of ether oxygens (including phenoxy) is 4. The average molecular weight is 746 g/mol. The molecule has 0 radical (unpaired) electrons. The summed E-state index contributed by atoms with van der Waals surface area (Å²) >= 11 is 0. The van der Waals surface area contributed by atoms with Crippen molar-refractivity contribution in [2.75, 3.05) is 45.4 Å². The molecule has 0 saturated carbocycles. The molecule has 5 unspecified atom stereocenters. The van der Waals surface area contributed by atoms with Crippen molar-refractivity contribution in [3.05, 3.63) is 189 Å². The molecule has 0 aromatic heterocycles. The van der Waals surface area contributed by atoms with Gasteiger partial charge in [0.05, 0.1) is 31.8 Å². The SMILES string of the molecule is COc1ccc2c(c1)C1(c3cccc4c3C3C(=CC=CC31)C=C4)c1c3c(c4c(c1-2)C=CC(OC)C4)OC(c1ccccc1)(c1ccc(N2CCOCC2)cc1)C=C3. The molecule has 280 valence electrons. The van der Waals surface area contributed by atoms with Crippen molar-refractivity contribution < 1.29 is 18.9 Å². The van der Waals surface area contributed by atoms with E-state index in [0.717, 1.165) is 54.5 Å². The molecule has 2 aliphatic heterocycles. The van der Waals surface area contributed by atoms with E-state index in [2.05, 4.69) is 151 Å². The van der Waals surface area contributed by atoms with E-state index in [0.29, 0.717) is 6.42 Å². The molecular formula is C52H43NO4. The van der Waals surface area contributed by atoms with Crippen molar-refractivity contribution in [2.24, 2.45) is 5.92 Å². The quantitative estimate of drug-likeness (QED) is 0.179. The maximum absolute atomic E-state index is 7.84. The van der Waals surface area contributed by atoms with E-state index in [4.69, 9.17) is 18.9 Å².